The van der Waals surface area contributed by atoms with Gasteiger partial charge in [0.05, 0.1) is 11.1 Å². The van der Waals surface area contributed by atoms with Crippen LogP contribution in [0.3, 0.4) is 0 Å². The first-order valence-electron chi connectivity index (χ1n) is 6.61. The molecule has 0 spiro atoms. The van der Waals surface area contributed by atoms with Crippen LogP contribution in [-0.4, -0.2) is 56.5 Å². The normalized spacial score (nSPS) is 9.50. The fraction of sp³-hybridized carbons (Fsp3) is 0. The van der Waals surface area contributed by atoms with Crippen molar-refractivity contribution >= 4 is 37.1 Å². The lowest BCUT2D eigenvalue weighted by molar-refractivity contribution is 0.0686. The van der Waals surface area contributed by atoms with E-state index in [2.05, 4.69) is 0 Å². The highest BCUT2D eigenvalue weighted by Gasteiger charge is 2.12. The van der Waals surface area contributed by atoms with Crippen LogP contribution in [0.1, 0.15) is 20.7 Å². The number of aromatic carboxylic acids is 2. The maximum absolute atomic E-state index is 10.4. The van der Waals surface area contributed by atoms with Gasteiger partial charge in [0.1, 0.15) is 0 Å². The third kappa shape index (κ3) is 5.86. The van der Waals surface area contributed by atoms with Gasteiger partial charge in [-0.15, -0.1) is 0 Å². The molecule has 2 aromatic rings. The molecule has 2 aromatic carbocycles. The summed E-state index contributed by atoms with van der Waals surface area (Å²) in [7, 11) is -3.17. The van der Waals surface area contributed by atoms with Crippen molar-refractivity contribution < 1.29 is 39.9 Å². The quantitative estimate of drug-likeness (QED) is 0.356. The van der Waals surface area contributed by atoms with Crippen molar-refractivity contribution in [3.05, 3.63) is 59.7 Å². The number of benzene rings is 2. The molecule has 0 bridgehead atoms. The summed E-state index contributed by atoms with van der Waals surface area (Å²) in [6.45, 7) is 0. The van der Waals surface area contributed by atoms with Crippen LogP contribution in [0.15, 0.2) is 48.5 Å². The lowest BCUT2D eigenvalue weighted by Crippen LogP contribution is -2.30. The SMILES string of the molecule is O=C(O)c1ccc(B(O)O)cc1.O=C(O)c1cccc(B(O)O)c1. The van der Waals surface area contributed by atoms with E-state index in [1.54, 1.807) is 0 Å². The molecule has 0 unspecified atom stereocenters. The van der Waals surface area contributed by atoms with Crippen LogP contribution in [0.2, 0.25) is 0 Å². The fourth-order valence-corrected chi connectivity index (χ4v) is 1.63. The van der Waals surface area contributed by atoms with Crippen molar-refractivity contribution in [3.63, 3.8) is 0 Å². The van der Waals surface area contributed by atoms with Gasteiger partial charge in [-0.2, -0.15) is 0 Å². The number of hydrogen-bond donors (Lipinski definition) is 6. The third-order valence-corrected chi connectivity index (χ3v) is 2.89. The molecule has 0 saturated heterocycles. The smallest absolute Gasteiger partial charge is 0.478 e. The molecule has 6 N–H and O–H groups in total. The van der Waals surface area contributed by atoms with Crippen molar-refractivity contribution in [2.24, 2.45) is 0 Å². The Morgan fingerprint density at radius 3 is 1.58 bits per heavy atom. The van der Waals surface area contributed by atoms with Gasteiger partial charge < -0.3 is 30.3 Å². The molecule has 0 aliphatic rings. The van der Waals surface area contributed by atoms with Gasteiger partial charge in [-0.3, -0.25) is 0 Å². The van der Waals surface area contributed by atoms with E-state index in [1.807, 2.05) is 0 Å². The van der Waals surface area contributed by atoms with Gasteiger partial charge in [0.25, 0.3) is 0 Å². The van der Waals surface area contributed by atoms with Crippen molar-refractivity contribution in [1.29, 1.82) is 0 Å². The summed E-state index contributed by atoms with van der Waals surface area (Å²) in [5, 5.41) is 51.7. The number of hydrogen-bond acceptors (Lipinski definition) is 6. The Morgan fingerprint density at radius 2 is 1.17 bits per heavy atom. The first-order chi connectivity index (χ1) is 11.2. The van der Waals surface area contributed by atoms with Gasteiger partial charge in [-0.05, 0) is 35.2 Å². The van der Waals surface area contributed by atoms with E-state index in [0.717, 1.165) is 0 Å². The molecule has 0 heterocycles. The monoisotopic (exact) mass is 332 g/mol. The number of carbonyl (C=O) groups is 2. The predicted molar refractivity (Wildman–Crippen MR) is 86.5 cm³/mol. The molecule has 2 rings (SSSR count). The van der Waals surface area contributed by atoms with Crippen LogP contribution in [0.5, 0.6) is 0 Å². The summed E-state index contributed by atoms with van der Waals surface area (Å²) in [5.41, 5.74) is 0.620. The predicted octanol–water partition coefficient (Wildman–Crippen LogP) is -1.87. The molecule has 0 aliphatic carbocycles. The average Bonchev–Trinajstić information content (AvgIpc) is 2.55. The zero-order valence-electron chi connectivity index (χ0n) is 12.3. The summed E-state index contributed by atoms with van der Waals surface area (Å²) in [6.07, 6.45) is 0. The summed E-state index contributed by atoms with van der Waals surface area (Å²) >= 11 is 0. The second-order valence-corrected chi connectivity index (χ2v) is 4.61. The Hall–Kier alpha value is -2.65. The standard InChI is InChI=1S/2C7H7BO4/c9-7(10)5-1-3-6(4-2-5)8(11)12;9-7(10)5-2-1-3-6(4-5)8(11)12/h2*1-4,11-12H,(H,9,10). The summed E-state index contributed by atoms with van der Waals surface area (Å²) in [5.74, 6) is -2.12. The molecule has 24 heavy (non-hydrogen) atoms. The number of rotatable bonds is 4. The van der Waals surface area contributed by atoms with Crippen molar-refractivity contribution in [3.8, 4) is 0 Å². The van der Waals surface area contributed by atoms with E-state index in [4.69, 9.17) is 30.3 Å². The third-order valence-electron chi connectivity index (χ3n) is 2.89. The van der Waals surface area contributed by atoms with E-state index in [1.165, 1.54) is 48.5 Å². The highest BCUT2D eigenvalue weighted by Crippen LogP contribution is 1.97. The van der Waals surface area contributed by atoms with Crippen LogP contribution in [0.25, 0.3) is 0 Å². The van der Waals surface area contributed by atoms with E-state index in [0.29, 0.717) is 0 Å². The Bertz CT molecular complexity index is 700. The van der Waals surface area contributed by atoms with E-state index in [9.17, 15) is 9.59 Å². The summed E-state index contributed by atoms with van der Waals surface area (Å²) in [6, 6.07) is 10.8. The zero-order valence-corrected chi connectivity index (χ0v) is 12.3. The molecule has 0 aromatic heterocycles. The van der Waals surface area contributed by atoms with E-state index >= 15 is 0 Å². The Balaban J connectivity index is 0.000000240. The Labute approximate surface area is 137 Å². The molecular weight excluding hydrogens is 318 g/mol. The van der Waals surface area contributed by atoms with Gasteiger partial charge in [-0.1, -0.05) is 24.3 Å². The van der Waals surface area contributed by atoms with Gasteiger partial charge in [-0.25, -0.2) is 9.59 Å². The second kappa shape index (κ2) is 8.85. The first-order valence-corrected chi connectivity index (χ1v) is 6.61. The number of carboxylic acid groups (broad SMARTS) is 2. The average molecular weight is 332 g/mol. The fourth-order valence-electron chi connectivity index (χ4n) is 1.63. The minimum absolute atomic E-state index is 0.0422. The molecule has 10 heteroatoms. The maximum atomic E-state index is 10.4. The minimum Gasteiger partial charge on any atom is -0.478 e. The van der Waals surface area contributed by atoms with Gasteiger partial charge >= 0.3 is 26.2 Å². The molecular formula is C14H14B2O8. The van der Waals surface area contributed by atoms with Gasteiger partial charge in [0.2, 0.25) is 0 Å². The van der Waals surface area contributed by atoms with Crippen LogP contribution < -0.4 is 10.9 Å². The highest BCUT2D eigenvalue weighted by atomic mass is 16.4. The Kier molecular flexibility index (Phi) is 7.15. The van der Waals surface area contributed by atoms with Crippen LogP contribution in [0.4, 0.5) is 0 Å². The lowest BCUT2D eigenvalue weighted by atomic mass is 9.80. The van der Waals surface area contributed by atoms with Gasteiger partial charge in [0, 0.05) is 0 Å². The zero-order chi connectivity index (χ0) is 18.3. The van der Waals surface area contributed by atoms with Gasteiger partial charge in [0.15, 0.2) is 0 Å². The van der Waals surface area contributed by atoms with E-state index < -0.39 is 26.2 Å². The minimum atomic E-state index is -1.62. The molecule has 8 nitrogen and oxygen atoms in total. The highest BCUT2D eigenvalue weighted by molar-refractivity contribution is 6.59. The second-order valence-electron chi connectivity index (χ2n) is 4.61. The van der Waals surface area contributed by atoms with Crippen LogP contribution in [-0.2, 0) is 0 Å². The van der Waals surface area contributed by atoms with Crippen LogP contribution >= 0.6 is 0 Å². The molecule has 0 radical (unpaired) electrons. The van der Waals surface area contributed by atoms with Crippen molar-refractivity contribution in [2.45, 2.75) is 0 Å². The summed E-state index contributed by atoms with van der Waals surface area (Å²) in [4.78, 5) is 20.8. The molecule has 124 valence electrons. The molecule has 0 aliphatic heterocycles. The largest absolute Gasteiger partial charge is 0.488 e. The lowest BCUT2D eigenvalue weighted by Gasteiger charge is -1.99. The molecule has 0 saturated carbocycles. The van der Waals surface area contributed by atoms with Crippen LogP contribution in [0, 0.1) is 0 Å². The Morgan fingerprint density at radius 1 is 0.667 bits per heavy atom. The molecule has 0 fully saturated rings. The maximum Gasteiger partial charge on any atom is 0.488 e. The van der Waals surface area contributed by atoms with Crippen molar-refractivity contribution in [2.75, 3.05) is 0 Å². The number of carboxylic acids is 2. The van der Waals surface area contributed by atoms with E-state index in [-0.39, 0.29) is 22.1 Å². The molecule has 0 amide bonds. The van der Waals surface area contributed by atoms with Crippen molar-refractivity contribution in [1.82, 2.24) is 0 Å². The summed E-state index contributed by atoms with van der Waals surface area (Å²) < 4.78 is 0. The topological polar surface area (TPSA) is 156 Å². The molecule has 0 atom stereocenters. The first kappa shape index (κ1) is 19.4.